The Kier molecular flexibility index (Phi) is 4.87. The molecule has 0 aromatic heterocycles. The molecular weight excluding hydrogens is 325 g/mol. The fraction of sp³-hybridized carbons (Fsp3) is 0.133. The summed E-state index contributed by atoms with van der Waals surface area (Å²) < 4.78 is 14.2. The molecule has 2 N–H and O–H groups in total. The molecule has 1 amide bonds. The van der Waals surface area contributed by atoms with Gasteiger partial charge in [0.05, 0.1) is 12.2 Å². The molecule has 0 atom stereocenters. The molecule has 5 heteroatoms. The Balaban J connectivity index is 2.02. The van der Waals surface area contributed by atoms with E-state index in [4.69, 9.17) is 5.11 Å². The minimum atomic E-state index is -0.554. The Bertz CT molecular complexity index is 614. The minimum Gasteiger partial charge on any atom is -0.392 e. The summed E-state index contributed by atoms with van der Waals surface area (Å²) in [6, 6.07) is 11.4. The van der Waals surface area contributed by atoms with Crippen molar-refractivity contribution in [2.45, 2.75) is 13.2 Å². The molecule has 0 aliphatic carbocycles. The second kappa shape index (κ2) is 6.63. The molecule has 0 bridgehead atoms. The van der Waals surface area contributed by atoms with Crippen molar-refractivity contribution in [3.05, 3.63) is 69.4 Å². The number of nitrogens with one attached hydrogen (secondary N) is 1. The zero-order chi connectivity index (χ0) is 14.5. The summed E-state index contributed by atoms with van der Waals surface area (Å²) in [6.07, 6.45) is 0. The monoisotopic (exact) mass is 337 g/mol. The number of hydrogen-bond acceptors (Lipinski definition) is 2. The van der Waals surface area contributed by atoms with Gasteiger partial charge in [0.25, 0.3) is 5.91 Å². The van der Waals surface area contributed by atoms with Crippen LogP contribution in [0.5, 0.6) is 0 Å². The third-order valence-electron chi connectivity index (χ3n) is 2.83. The molecule has 20 heavy (non-hydrogen) atoms. The van der Waals surface area contributed by atoms with E-state index < -0.39 is 11.7 Å². The number of rotatable bonds is 4. The lowest BCUT2D eigenvalue weighted by atomic mass is 10.1. The Morgan fingerprint density at radius 3 is 2.45 bits per heavy atom. The van der Waals surface area contributed by atoms with E-state index in [1.807, 2.05) is 12.1 Å². The molecule has 0 radical (unpaired) electrons. The molecule has 0 aliphatic heterocycles. The maximum Gasteiger partial charge on any atom is 0.254 e. The van der Waals surface area contributed by atoms with E-state index in [0.29, 0.717) is 11.0 Å². The van der Waals surface area contributed by atoms with Gasteiger partial charge in [-0.15, -0.1) is 0 Å². The van der Waals surface area contributed by atoms with Gasteiger partial charge in [-0.1, -0.05) is 40.2 Å². The second-order valence-electron chi connectivity index (χ2n) is 4.28. The number of aliphatic hydroxyl groups excluding tert-OH is 1. The largest absolute Gasteiger partial charge is 0.392 e. The van der Waals surface area contributed by atoms with Gasteiger partial charge in [0, 0.05) is 11.0 Å². The number of aliphatic hydroxyl groups is 1. The van der Waals surface area contributed by atoms with Gasteiger partial charge in [-0.2, -0.15) is 0 Å². The van der Waals surface area contributed by atoms with Crippen LogP contribution in [0.4, 0.5) is 4.39 Å². The summed E-state index contributed by atoms with van der Waals surface area (Å²) in [7, 11) is 0. The van der Waals surface area contributed by atoms with Crippen LogP contribution in [0.3, 0.4) is 0 Å². The van der Waals surface area contributed by atoms with Crippen molar-refractivity contribution in [2.75, 3.05) is 0 Å². The average Bonchev–Trinajstić information content (AvgIpc) is 2.47. The quantitative estimate of drug-likeness (QED) is 0.900. The summed E-state index contributed by atoms with van der Waals surface area (Å²) in [5.41, 5.74) is 1.69. The Hall–Kier alpha value is -1.72. The highest BCUT2D eigenvalue weighted by atomic mass is 79.9. The predicted molar refractivity (Wildman–Crippen MR) is 77.6 cm³/mol. The third-order valence-corrected chi connectivity index (χ3v) is 3.32. The number of amides is 1. The first-order chi connectivity index (χ1) is 9.60. The van der Waals surface area contributed by atoms with Gasteiger partial charge in [0.15, 0.2) is 0 Å². The lowest BCUT2D eigenvalue weighted by Gasteiger charge is -2.07. The van der Waals surface area contributed by atoms with Crippen LogP contribution in [-0.4, -0.2) is 11.0 Å². The van der Waals surface area contributed by atoms with E-state index in [1.165, 1.54) is 12.1 Å². The summed E-state index contributed by atoms with van der Waals surface area (Å²) in [6.45, 7) is 0.284. The summed E-state index contributed by atoms with van der Waals surface area (Å²) in [4.78, 5) is 11.9. The normalized spacial score (nSPS) is 10.3. The highest BCUT2D eigenvalue weighted by molar-refractivity contribution is 9.10. The second-order valence-corrected chi connectivity index (χ2v) is 5.20. The van der Waals surface area contributed by atoms with Crippen LogP contribution in [-0.2, 0) is 13.2 Å². The van der Waals surface area contributed by atoms with Crippen molar-refractivity contribution in [3.8, 4) is 0 Å². The van der Waals surface area contributed by atoms with Crippen molar-refractivity contribution in [1.29, 1.82) is 0 Å². The van der Waals surface area contributed by atoms with E-state index in [2.05, 4.69) is 21.2 Å². The van der Waals surface area contributed by atoms with E-state index >= 15 is 0 Å². The van der Waals surface area contributed by atoms with E-state index in [9.17, 15) is 9.18 Å². The van der Waals surface area contributed by atoms with E-state index in [1.54, 1.807) is 18.2 Å². The maximum atomic E-state index is 13.5. The zero-order valence-corrected chi connectivity index (χ0v) is 12.2. The first kappa shape index (κ1) is 14.7. The Morgan fingerprint density at radius 2 is 1.80 bits per heavy atom. The van der Waals surface area contributed by atoms with Gasteiger partial charge in [0.2, 0.25) is 0 Å². The van der Waals surface area contributed by atoms with E-state index in [0.717, 1.165) is 11.1 Å². The van der Waals surface area contributed by atoms with Gasteiger partial charge in [-0.3, -0.25) is 4.79 Å². The van der Waals surface area contributed by atoms with E-state index in [-0.39, 0.29) is 12.2 Å². The van der Waals surface area contributed by atoms with Gasteiger partial charge in [0.1, 0.15) is 5.82 Å². The van der Waals surface area contributed by atoms with Gasteiger partial charge >= 0.3 is 0 Å². The average molecular weight is 338 g/mol. The first-order valence-corrected chi connectivity index (χ1v) is 6.81. The van der Waals surface area contributed by atoms with Crippen LogP contribution in [0, 0.1) is 5.82 Å². The molecule has 0 spiro atoms. The molecule has 2 aromatic carbocycles. The van der Waals surface area contributed by atoms with Crippen LogP contribution in [0.15, 0.2) is 46.9 Å². The Labute approximate surface area is 124 Å². The molecule has 0 unspecified atom stereocenters. The topological polar surface area (TPSA) is 49.3 Å². The Morgan fingerprint density at radius 1 is 1.15 bits per heavy atom. The molecular formula is C15H13BrFNO2. The standard InChI is InChI=1S/C15H13BrFNO2/c16-12-5-6-14(17)13(7-12)15(20)18-8-10-1-3-11(9-19)4-2-10/h1-7,19H,8-9H2,(H,18,20). The highest BCUT2D eigenvalue weighted by Gasteiger charge is 2.11. The van der Waals surface area contributed by atoms with Crippen LogP contribution in [0.1, 0.15) is 21.5 Å². The van der Waals surface area contributed by atoms with Crippen LogP contribution in [0.2, 0.25) is 0 Å². The number of carbonyl (C=O) groups excluding carboxylic acids is 1. The SMILES string of the molecule is O=C(NCc1ccc(CO)cc1)c1cc(Br)ccc1F. The summed E-state index contributed by atoms with van der Waals surface area (Å²) in [5.74, 6) is -1.02. The van der Waals surface area contributed by atoms with Crippen molar-refractivity contribution >= 4 is 21.8 Å². The van der Waals surface area contributed by atoms with Crippen LogP contribution < -0.4 is 5.32 Å². The maximum absolute atomic E-state index is 13.5. The summed E-state index contributed by atoms with van der Waals surface area (Å²) >= 11 is 3.21. The molecule has 0 aliphatic rings. The number of hydrogen-bond donors (Lipinski definition) is 2. The van der Waals surface area contributed by atoms with Crippen molar-refractivity contribution < 1.29 is 14.3 Å². The zero-order valence-electron chi connectivity index (χ0n) is 10.6. The summed E-state index contributed by atoms with van der Waals surface area (Å²) in [5, 5.41) is 11.6. The van der Waals surface area contributed by atoms with Crippen molar-refractivity contribution in [2.24, 2.45) is 0 Å². The van der Waals surface area contributed by atoms with Crippen molar-refractivity contribution in [3.63, 3.8) is 0 Å². The van der Waals surface area contributed by atoms with Gasteiger partial charge in [-0.05, 0) is 29.3 Å². The molecule has 0 saturated carbocycles. The lowest BCUT2D eigenvalue weighted by molar-refractivity contribution is 0.0947. The molecule has 2 aromatic rings. The van der Waals surface area contributed by atoms with Gasteiger partial charge < -0.3 is 10.4 Å². The molecule has 0 saturated heterocycles. The number of halogens is 2. The number of carbonyl (C=O) groups is 1. The molecule has 0 heterocycles. The first-order valence-electron chi connectivity index (χ1n) is 6.02. The molecule has 2 rings (SSSR count). The minimum absolute atomic E-state index is 0.00588. The molecule has 104 valence electrons. The molecule has 0 fully saturated rings. The number of benzene rings is 2. The fourth-order valence-electron chi connectivity index (χ4n) is 1.71. The third kappa shape index (κ3) is 3.65. The molecule has 3 nitrogen and oxygen atoms in total. The van der Waals surface area contributed by atoms with Gasteiger partial charge in [-0.25, -0.2) is 4.39 Å². The smallest absolute Gasteiger partial charge is 0.254 e. The van der Waals surface area contributed by atoms with Crippen LogP contribution in [0.25, 0.3) is 0 Å². The highest BCUT2D eigenvalue weighted by Crippen LogP contribution is 2.15. The lowest BCUT2D eigenvalue weighted by Crippen LogP contribution is -2.23. The fourth-order valence-corrected chi connectivity index (χ4v) is 2.07. The van der Waals surface area contributed by atoms with Crippen molar-refractivity contribution in [1.82, 2.24) is 5.32 Å². The predicted octanol–water partition coefficient (Wildman–Crippen LogP) is 3.01. The van der Waals surface area contributed by atoms with Crippen LogP contribution >= 0.6 is 15.9 Å².